The Kier molecular flexibility index (Phi) is 5.78. The Hall–Kier alpha value is -2.25. The number of hydrogen-bond acceptors (Lipinski definition) is 6. The van der Waals surface area contributed by atoms with Crippen LogP contribution in [0.5, 0.6) is 0 Å². The number of nitro benzene ring substituents is 1. The summed E-state index contributed by atoms with van der Waals surface area (Å²) in [6, 6.07) is 7.24. The Labute approximate surface area is 147 Å². The molecule has 1 aliphatic rings. The number of aromatic nitrogens is 1. The van der Waals surface area contributed by atoms with E-state index in [9.17, 15) is 10.1 Å². The standard InChI is InChI=1S/C18H24N4O3/c1-25-14-4-10-20-9-3-11-21(13-12-20)17-7-6-16-15(5-2-8-19-16)18(17)22(23)24/h2,5-8H,3-4,9-14H2,1H3. The maximum Gasteiger partial charge on any atom is 0.301 e. The van der Waals surface area contributed by atoms with Gasteiger partial charge in [0.1, 0.15) is 5.69 Å². The molecule has 1 aromatic carbocycles. The van der Waals surface area contributed by atoms with Gasteiger partial charge >= 0.3 is 5.69 Å². The molecule has 2 heterocycles. The van der Waals surface area contributed by atoms with Crippen molar-refractivity contribution in [2.75, 3.05) is 51.3 Å². The molecule has 1 fully saturated rings. The van der Waals surface area contributed by atoms with E-state index in [1.807, 2.05) is 12.1 Å². The van der Waals surface area contributed by atoms with Crippen LogP contribution in [-0.4, -0.2) is 61.2 Å². The summed E-state index contributed by atoms with van der Waals surface area (Å²) in [5.41, 5.74) is 1.52. The number of anilines is 1. The molecule has 0 radical (unpaired) electrons. The van der Waals surface area contributed by atoms with E-state index < -0.39 is 0 Å². The van der Waals surface area contributed by atoms with Gasteiger partial charge in [0.05, 0.1) is 15.8 Å². The maximum atomic E-state index is 11.7. The largest absolute Gasteiger partial charge is 0.385 e. The van der Waals surface area contributed by atoms with Gasteiger partial charge < -0.3 is 14.5 Å². The third-order valence-electron chi connectivity index (χ3n) is 4.67. The minimum absolute atomic E-state index is 0.165. The lowest BCUT2D eigenvalue weighted by Gasteiger charge is -2.23. The SMILES string of the molecule is COCCCN1CCCN(c2ccc3ncccc3c2[N+](=O)[O-])CC1. The monoisotopic (exact) mass is 344 g/mol. The molecular weight excluding hydrogens is 320 g/mol. The minimum atomic E-state index is -0.277. The lowest BCUT2D eigenvalue weighted by Crippen LogP contribution is -2.32. The predicted molar refractivity (Wildman–Crippen MR) is 98.2 cm³/mol. The van der Waals surface area contributed by atoms with Crippen molar-refractivity contribution in [2.24, 2.45) is 0 Å². The van der Waals surface area contributed by atoms with Crippen LogP contribution in [0, 0.1) is 10.1 Å². The number of rotatable bonds is 6. The van der Waals surface area contributed by atoms with Crippen molar-refractivity contribution >= 4 is 22.3 Å². The summed E-state index contributed by atoms with van der Waals surface area (Å²) >= 11 is 0. The van der Waals surface area contributed by atoms with E-state index >= 15 is 0 Å². The number of nitro groups is 1. The first kappa shape index (κ1) is 17.6. The van der Waals surface area contributed by atoms with Crippen molar-refractivity contribution in [3.8, 4) is 0 Å². The van der Waals surface area contributed by atoms with Gasteiger partial charge in [-0.05, 0) is 43.7 Å². The van der Waals surface area contributed by atoms with Crippen LogP contribution in [0.4, 0.5) is 11.4 Å². The van der Waals surface area contributed by atoms with Crippen LogP contribution < -0.4 is 4.90 Å². The lowest BCUT2D eigenvalue weighted by atomic mass is 10.1. The zero-order chi connectivity index (χ0) is 17.6. The fourth-order valence-corrected chi connectivity index (χ4v) is 3.44. The van der Waals surface area contributed by atoms with Gasteiger partial charge in [0, 0.05) is 46.1 Å². The highest BCUT2D eigenvalue weighted by Gasteiger charge is 2.25. The van der Waals surface area contributed by atoms with E-state index in [0.29, 0.717) is 16.6 Å². The zero-order valence-corrected chi connectivity index (χ0v) is 14.6. The van der Waals surface area contributed by atoms with Crippen LogP contribution in [0.2, 0.25) is 0 Å². The number of pyridine rings is 1. The average molecular weight is 344 g/mol. The van der Waals surface area contributed by atoms with Crippen molar-refractivity contribution < 1.29 is 9.66 Å². The summed E-state index contributed by atoms with van der Waals surface area (Å²) in [6.07, 6.45) is 3.67. The summed E-state index contributed by atoms with van der Waals surface area (Å²) in [7, 11) is 1.72. The molecule has 7 nitrogen and oxygen atoms in total. The van der Waals surface area contributed by atoms with Crippen LogP contribution in [0.25, 0.3) is 10.9 Å². The normalized spacial score (nSPS) is 16.1. The molecule has 1 aromatic heterocycles. The average Bonchev–Trinajstić information content (AvgIpc) is 2.86. The summed E-state index contributed by atoms with van der Waals surface area (Å²) in [5.74, 6) is 0. The molecule has 2 aromatic rings. The van der Waals surface area contributed by atoms with Gasteiger partial charge in [0.25, 0.3) is 0 Å². The van der Waals surface area contributed by atoms with Crippen LogP contribution in [-0.2, 0) is 4.74 Å². The van der Waals surface area contributed by atoms with E-state index in [0.717, 1.165) is 52.2 Å². The molecule has 0 spiro atoms. The molecule has 25 heavy (non-hydrogen) atoms. The molecule has 0 N–H and O–H groups in total. The number of benzene rings is 1. The summed E-state index contributed by atoms with van der Waals surface area (Å²) in [5, 5.41) is 12.3. The van der Waals surface area contributed by atoms with Gasteiger partial charge in [-0.1, -0.05) is 0 Å². The highest BCUT2D eigenvalue weighted by Crippen LogP contribution is 2.35. The summed E-state index contributed by atoms with van der Waals surface area (Å²) < 4.78 is 5.12. The molecule has 0 amide bonds. The number of ether oxygens (including phenoxy) is 1. The molecule has 134 valence electrons. The van der Waals surface area contributed by atoms with Crippen LogP contribution in [0.1, 0.15) is 12.8 Å². The van der Waals surface area contributed by atoms with Gasteiger partial charge in [-0.3, -0.25) is 15.1 Å². The first-order valence-electron chi connectivity index (χ1n) is 8.69. The second kappa shape index (κ2) is 8.22. The highest BCUT2D eigenvalue weighted by molar-refractivity contribution is 5.94. The molecule has 1 aliphatic heterocycles. The van der Waals surface area contributed by atoms with Crippen LogP contribution in [0.15, 0.2) is 30.5 Å². The van der Waals surface area contributed by atoms with Gasteiger partial charge in [-0.25, -0.2) is 0 Å². The number of hydrogen-bond donors (Lipinski definition) is 0. The topological polar surface area (TPSA) is 71.7 Å². The van der Waals surface area contributed by atoms with Crippen molar-refractivity contribution in [3.05, 3.63) is 40.6 Å². The Balaban J connectivity index is 1.82. The van der Waals surface area contributed by atoms with Gasteiger partial charge in [-0.15, -0.1) is 0 Å². The molecule has 0 saturated carbocycles. The van der Waals surface area contributed by atoms with E-state index in [4.69, 9.17) is 4.74 Å². The van der Waals surface area contributed by atoms with E-state index in [-0.39, 0.29) is 10.6 Å². The Morgan fingerprint density at radius 2 is 2.12 bits per heavy atom. The highest BCUT2D eigenvalue weighted by atomic mass is 16.6. The molecule has 0 unspecified atom stereocenters. The predicted octanol–water partition coefficient (Wildman–Crippen LogP) is 2.69. The van der Waals surface area contributed by atoms with E-state index in [1.165, 1.54) is 0 Å². The number of fused-ring (bicyclic) bond motifs is 1. The molecule has 7 heteroatoms. The zero-order valence-electron chi connectivity index (χ0n) is 14.6. The Morgan fingerprint density at radius 3 is 2.92 bits per heavy atom. The lowest BCUT2D eigenvalue weighted by molar-refractivity contribution is -0.382. The minimum Gasteiger partial charge on any atom is -0.385 e. The first-order valence-corrected chi connectivity index (χ1v) is 8.69. The fraction of sp³-hybridized carbons (Fsp3) is 0.500. The van der Waals surface area contributed by atoms with Crippen molar-refractivity contribution in [1.29, 1.82) is 0 Å². The second-order valence-electron chi connectivity index (χ2n) is 6.29. The second-order valence-corrected chi connectivity index (χ2v) is 6.29. The van der Waals surface area contributed by atoms with Crippen LogP contribution in [0.3, 0.4) is 0 Å². The Morgan fingerprint density at radius 1 is 1.24 bits per heavy atom. The third kappa shape index (κ3) is 4.05. The molecule has 0 atom stereocenters. The molecule has 0 bridgehead atoms. The molecular formula is C18H24N4O3. The van der Waals surface area contributed by atoms with Crippen molar-refractivity contribution in [2.45, 2.75) is 12.8 Å². The van der Waals surface area contributed by atoms with Gasteiger partial charge in [-0.2, -0.15) is 0 Å². The smallest absolute Gasteiger partial charge is 0.301 e. The van der Waals surface area contributed by atoms with E-state index in [1.54, 1.807) is 25.4 Å². The maximum absolute atomic E-state index is 11.7. The number of methoxy groups -OCH3 is 1. The number of nitrogens with zero attached hydrogens (tertiary/aromatic N) is 4. The Bertz CT molecular complexity index is 737. The van der Waals surface area contributed by atoms with Crippen molar-refractivity contribution in [3.63, 3.8) is 0 Å². The van der Waals surface area contributed by atoms with E-state index in [2.05, 4.69) is 14.8 Å². The van der Waals surface area contributed by atoms with Crippen molar-refractivity contribution in [1.82, 2.24) is 9.88 Å². The van der Waals surface area contributed by atoms with Gasteiger partial charge in [0.2, 0.25) is 0 Å². The quantitative estimate of drug-likeness (QED) is 0.456. The third-order valence-corrected chi connectivity index (χ3v) is 4.67. The van der Waals surface area contributed by atoms with Crippen LogP contribution >= 0.6 is 0 Å². The molecule has 3 rings (SSSR count). The molecule has 0 aliphatic carbocycles. The fourth-order valence-electron chi connectivity index (χ4n) is 3.44. The molecule has 1 saturated heterocycles. The summed E-state index contributed by atoms with van der Waals surface area (Å²) in [4.78, 5) is 20.2. The summed E-state index contributed by atoms with van der Waals surface area (Å²) in [6.45, 7) is 5.32. The van der Waals surface area contributed by atoms with Gasteiger partial charge in [0.15, 0.2) is 0 Å². The first-order chi connectivity index (χ1) is 12.2.